The van der Waals surface area contributed by atoms with Crippen LogP contribution < -0.4 is 5.73 Å². The first kappa shape index (κ1) is 11.5. The molecule has 0 aliphatic heterocycles. The minimum atomic E-state index is 0.606. The zero-order valence-corrected chi connectivity index (χ0v) is 10.7. The van der Waals surface area contributed by atoms with Crippen molar-refractivity contribution < 1.29 is 0 Å². The summed E-state index contributed by atoms with van der Waals surface area (Å²) < 4.78 is 0. The Morgan fingerprint density at radius 1 is 1.06 bits per heavy atom. The maximum absolute atomic E-state index is 6.17. The highest BCUT2D eigenvalue weighted by Crippen LogP contribution is 2.29. The minimum Gasteiger partial charge on any atom is -0.383 e. The van der Waals surface area contributed by atoms with Crippen molar-refractivity contribution in [1.29, 1.82) is 0 Å². The summed E-state index contributed by atoms with van der Waals surface area (Å²) in [5.74, 6) is 1.24. The Kier molecular flexibility index (Phi) is 2.92. The molecule has 3 nitrogen and oxygen atoms in total. The van der Waals surface area contributed by atoms with E-state index in [0.29, 0.717) is 16.7 Å². The number of hydrogen-bond acceptors (Lipinski definition) is 3. The van der Waals surface area contributed by atoms with Gasteiger partial charge >= 0.3 is 0 Å². The number of hydrogen-bond donors (Lipinski definition) is 1. The van der Waals surface area contributed by atoms with E-state index in [4.69, 9.17) is 17.3 Å². The molecule has 0 atom stereocenters. The first-order valence-corrected chi connectivity index (χ1v) is 6.53. The first-order chi connectivity index (χ1) is 8.75. The summed E-state index contributed by atoms with van der Waals surface area (Å²) in [4.78, 5) is 9.03. The number of nitrogens with two attached hydrogens (primary N) is 1. The van der Waals surface area contributed by atoms with Crippen molar-refractivity contribution in [2.45, 2.75) is 25.7 Å². The number of halogens is 1. The van der Waals surface area contributed by atoms with Gasteiger partial charge in [-0.3, -0.25) is 0 Å². The number of nitrogens with zero attached hydrogens (tertiary/aromatic N) is 2. The molecule has 92 valence electrons. The molecule has 2 aromatic rings. The van der Waals surface area contributed by atoms with Crippen LogP contribution in [0.1, 0.15) is 24.1 Å². The van der Waals surface area contributed by atoms with Crippen LogP contribution in [0.25, 0.3) is 11.4 Å². The fourth-order valence-corrected chi connectivity index (χ4v) is 2.61. The molecular formula is C14H14ClN3. The molecule has 1 aromatic carbocycles. The second-order valence-electron chi connectivity index (χ2n) is 4.54. The molecule has 1 aliphatic carbocycles. The molecule has 4 heteroatoms. The van der Waals surface area contributed by atoms with Gasteiger partial charge in [-0.1, -0.05) is 23.7 Å². The summed E-state index contributed by atoms with van der Waals surface area (Å²) in [6.07, 6.45) is 4.32. The van der Waals surface area contributed by atoms with Crippen molar-refractivity contribution in [1.82, 2.24) is 9.97 Å². The van der Waals surface area contributed by atoms with E-state index in [-0.39, 0.29) is 0 Å². The summed E-state index contributed by atoms with van der Waals surface area (Å²) >= 11 is 6.17. The van der Waals surface area contributed by atoms with Gasteiger partial charge in [0.2, 0.25) is 0 Å². The second kappa shape index (κ2) is 4.58. The van der Waals surface area contributed by atoms with Crippen LogP contribution in [-0.4, -0.2) is 9.97 Å². The van der Waals surface area contributed by atoms with Crippen LogP contribution in [0.5, 0.6) is 0 Å². The van der Waals surface area contributed by atoms with Crippen LogP contribution in [-0.2, 0) is 12.8 Å². The number of anilines is 1. The standard InChI is InChI=1S/C14H14ClN3/c15-11-7-3-1-5-9(11)14-17-12-8-4-2-6-10(12)13(16)18-14/h1,3,5,7H,2,4,6,8H2,(H2,16,17,18). The van der Waals surface area contributed by atoms with Crippen molar-refractivity contribution in [3.63, 3.8) is 0 Å². The van der Waals surface area contributed by atoms with Gasteiger partial charge in [-0.25, -0.2) is 9.97 Å². The third-order valence-corrected chi connectivity index (χ3v) is 3.66. The molecule has 0 radical (unpaired) electrons. The molecule has 1 aliphatic rings. The van der Waals surface area contributed by atoms with E-state index in [1.165, 1.54) is 12.8 Å². The van der Waals surface area contributed by atoms with Crippen LogP contribution in [0.2, 0.25) is 5.02 Å². The predicted octanol–water partition coefficient (Wildman–Crippen LogP) is 3.26. The van der Waals surface area contributed by atoms with Crippen LogP contribution in [0, 0.1) is 0 Å². The van der Waals surface area contributed by atoms with Crippen LogP contribution in [0.4, 0.5) is 5.82 Å². The average Bonchev–Trinajstić information content (AvgIpc) is 2.39. The number of aromatic nitrogens is 2. The quantitative estimate of drug-likeness (QED) is 0.855. The lowest BCUT2D eigenvalue weighted by atomic mass is 9.96. The van der Waals surface area contributed by atoms with E-state index < -0.39 is 0 Å². The highest BCUT2D eigenvalue weighted by Gasteiger charge is 2.17. The largest absolute Gasteiger partial charge is 0.383 e. The molecular weight excluding hydrogens is 246 g/mol. The fraction of sp³-hybridized carbons (Fsp3) is 0.286. The highest BCUT2D eigenvalue weighted by molar-refractivity contribution is 6.33. The van der Waals surface area contributed by atoms with Gasteiger partial charge in [0.1, 0.15) is 5.82 Å². The van der Waals surface area contributed by atoms with Crippen molar-refractivity contribution in [2.24, 2.45) is 0 Å². The summed E-state index contributed by atoms with van der Waals surface area (Å²) in [5.41, 5.74) is 9.09. The fourth-order valence-electron chi connectivity index (χ4n) is 2.39. The van der Waals surface area contributed by atoms with E-state index >= 15 is 0 Å². The van der Waals surface area contributed by atoms with Gasteiger partial charge in [-0.15, -0.1) is 0 Å². The van der Waals surface area contributed by atoms with Crippen molar-refractivity contribution in [3.05, 3.63) is 40.5 Å². The second-order valence-corrected chi connectivity index (χ2v) is 4.95. The monoisotopic (exact) mass is 259 g/mol. The normalized spacial score (nSPS) is 14.3. The Morgan fingerprint density at radius 3 is 2.67 bits per heavy atom. The van der Waals surface area contributed by atoms with Gasteiger partial charge in [0.05, 0.1) is 5.02 Å². The van der Waals surface area contributed by atoms with Gasteiger partial charge in [-0.05, 0) is 37.8 Å². The van der Waals surface area contributed by atoms with Gasteiger partial charge in [0.25, 0.3) is 0 Å². The van der Waals surface area contributed by atoms with Crippen LogP contribution in [0.15, 0.2) is 24.3 Å². The Hall–Kier alpha value is -1.61. The van der Waals surface area contributed by atoms with Gasteiger partial charge < -0.3 is 5.73 Å². The summed E-state index contributed by atoms with van der Waals surface area (Å²) in [5, 5.41) is 0.660. The lowest BCUT2D eigenvalue weighted by molar-refractivity contribution is 0.666. The zero-order valence-electron chi connectivity index (χ0n) is 9.99. The molecule has 3 rings (SSSR count). The molecule has 0 unspecified atom stereocenters. The Morgan fingerprint density at radius 2 is 1.83 bits per heavy atom. The zero-order chi connectivity index (χ0) is 12.5. The smallest absolute Gasteiger partial charge is 0.163 e. The molecule has 18 heavy (non-hydrogen) atoms. The Bertz CT molecular complexity index is 596. The molecule has 0 saturated heterocycles. The van der Waals surface area contributed by atoms with Gasteiger partial charge in [-0.2, -0.15) is 0 Å². The van der Waals surface area contributed by atoms with E-state index in [1.54, 1.807) is 0 Å². The number of fused-ring (bicyclic) bond motifs is 1. The molecule has 0 bridgehead atoms. The van der Waals surface area contributed by atoms with Gasteiger partial charge in [0.15, 0.2) is 5.82 Å². The Balaban J connectivity index is 2.14. The maximum atomic E-state index is 6.17. The van der Waals surface area contributed by atoms with E-state index in [2.05, 4.69) is 9.97 Å². The molecule has 1 heterocycles. The number of nitrogen functional groups attached to an aromatic ring is 1. The molecule has 2 N–H and O–H groups in total. The highest BCUT2D eigenvalue weighted by atomic mass is 35.5. The molecule has 0 saturated carbocycles. The third-order valence-electron chi connectivity index (χ3n) is 3.33. The van der Waals surface area contributed by atoms with Crippen molar-refractivity contribution in [2.75, 3.05) is 5.73 Å². The lowest BCUT2D eigenvalue weighted by Crippen LogP contribution is -2.11. The van der Waals surface area contributed by atoms with Crippen molar-refractivity contribution >= 4 is 17.4 Å². The van der Waals surface area contributed by atoms with Crippen LogP contribution >= 0.6 is 11.6 Å². The molecule has 0 spiro atoms. The lowest BCUT2D eigenvalue weighted by Gasteiger charge is -2.17. The summed E-state index contributed by atoms with van der Waals surface area (Å²) in [6, 6.07) is 7.59. The molecule has 0 amide bonds. The number of aryl methyl sites for hydroxylation is 1. The summed E-state index contributed by atoms with van der Waals surface area (Å²) in [6.45, 7) is 0. The van der Waals surface area contributed by atoms with E-state index in [1.807, 2.05) is 24.3 Å². The third kappa shape index (κ3) is 1.95. The average molecular weight is 260 g/mol. The Labute approximate surface area is 111 Å². The summed E-state index contributed by atoms with van der Waals surface area (Å²) in [7, 11) is 0. The van der Waals surface area contributed by atoms with Crippen molar-refractivity contribution in [3.8, 4) is 11.4 Å². The van der Waals surface area contributed by atoms with E-state index in [0.717, 1.165) is 29.7 Å². The topological polar surface area (TPSA) is 51.8 Å². The SMILES string of the molecule is Nc1nc(-c2ccccc2Cl)nc2c1CCCC2. The molecule has 0 fully saturated rings. The van der Waals surface area contributed by atoms with E-state index in [9.17, 15) is 0 Å². The van der Waals surface area contributed by atoms with Gasteiger partial charge in [0, 0.05) is 16.8 Å². The maximum Gasteiger partial charge on any atom is 0.163 e. The minimum absolute atomic E-state index is 0.606. The first-order valence-electron chi connectivity index (χ1n) is 6.16. The number of benzene rings is 1. The number of rotatable bonds is 1. The predicted molar refractivity (Wildman–Crippen MR) is 73.5 cm³/mol. The van der Waals surface area contributed by atoms with Crippen LogP contribution in [0.3, 0.4) is 0 Å². The molecule has 1 aromatic heterocycles.